The molecule has 0 aromatic carbocycles. The normalized spacial score (nSPS) is 23.8. The summed E-state index contributed by atoms with van der Waals surface area (Å²) < 4.78 is 0. The molecule has 6 rings (SSSR count). The standard InChI is InChI=1S/C25H31N5OS/c31-16-19-8-4-12-29(19)15-18-7-5-13-30(18)24-22-20-9-1-2-10-21(20)32-25(22)28-23(27-24)17-6-3-11-26-14-17/h3,6,11,14,18-19,31H,1-2,4-5,7-10,12-13,15-16H2. The quantitative estimate of drug-likeness (QED) is 0.634. The fourth-order valence-electron chi connectivity index (χ4n) is 5.89. The molecule has 32 heavy (non-hydrogen) atoms. The topological polar surface area (TPSA) is 65.4 Å². The third-order valence-corrected chi connectivity index (χ3v) is 8.71. The van der Waals surface area contributed by atoms with E-state index in [0.717, 1.165) is 54.5 Å². The highest BCUT2D eigenvalue weighted by molar-refractivity contribution is 7.19. The Kier molecular flexibility index (Phi) is 5.57. The van der Waals surface area contributed by atoms with Gasteiger partial charge in [-0.3, -0.25) is 9.88 Å². The maximum Gasteiger partial charge on any atom is 0.164 e. The Hall–Kier alpha value is -2.09. The highest BCUT2D eigenvalue weighted by Gasteiger charge is 2.34. The second-order valence-corrected chi connectivity index (χ2v) is 10.6. The number of hydrogen-bond acceptors (Lipinski definition) is 7. The van der Waals surface area contributed by atoms with Crippen LogP contribution in [0.5, 0.6) is 0 Å². The fraction of sp³-hybridized carbons (Fsp3) is 0.560. The van der Waals surface area contributed by atoms with E-state index in [9.17, 15) is 5.11 Å². The number of aromatic nitrogens is 3. The average molecular weight is 450 g/mol. The maximum absolute atomic E-state index is 9.82. The van der Waals surface area contributed by atoms with Crippen LogP contribution >= 0.6 is 11.3 Å². The van der Waals surface area contributed by atoms with Gasteiger partial charge in [0, 0.05) is 48.0 Å². The minimum Gasteiger partial charge on any atom is -0.395 e. The number of pyridine rings is 1. The van der Waals surface area contributed by atoms with Crippen LogP contribution in [0.15, 0.2) is 24.5 Å². The fourth-order valence-corrected chi connectivity index (χ4v) is 7.14. The minimum absolute atomic E-state index is 0.271. The van der Waals surface area contributed by atoms with Crippen molar-refractivity contribution < 1.29 is 5.11 Å². The molecular weight excluding hydrogens is 418 g/mol. The third-order valence-electron chi connectivity index (χ3n) is 7.52. The second kappa shape index (κ2) is 8.69. The molecule has 3 aromatic rings. The Balaban J connectivity index is 1.44. The zero-order chi connectivity index (χ0) is 21.5. The van der Waals surface area contributed by atoms with Gasteiger partial charge in [0.25, 0.3) is 0 Å². The molecule has 7 heteroatoms. The van der Waals surface area contributed by atoms with Crippen LogP contribution in [0.25, 0.3) is 21.6 Å². The number of nitrogens with zero attached hydrogens (tertiary/aromatic N) is 5. The SMILES string of the molecule is OCC1CCCN1CC1CCCN1c1nc(-c2cccnc2)nc2sc3c(c12)CCCC3. The highest BCUT2D eigenvalue weighted by Crippen LogP contribution is 2.42. The van der Waals surface area contributed by atoms with E-state index in [1.165, 1.54) is 54.4 Å². The van der Waals surface area contributed by atoms with Crippen LogP contribution in [0.4, 0.5) is 5.82 Å². The van der Waals surface area contributed by atoms with Crippen molar-refractivity contribution in [2.45, 2.75) is 63.5 Å². The van der Waals surface area contributed by atoms with Crippen LogP contribution in [-0.2, 0) is 12.8 Å². The van der Waals surface area contributed by atoms with E-state index < -0.39 is 0 Å². The van der Waals surface area contributed by atoms with Crippen molar-refractivity contribution >= 4 is 27.4 Å². The molecule has 2 saturated heterocycles. The third kappa shape index (κ3) is 3.60. The van der Waals surface area contributed by atoms with E-state index in [4.69, 9.17) is 9.97 Å². The van der Waals surface area contributed by atoms with E-state index in [-0.39, 0.29) is 6.61 Å². The van der Waals surface area contributed by atoms with E-state index in [0.29, 0.717) is 12.1 Å². The largest absolute Gasteiger partial charge is 0.395 e. The molecule has 5 heterocycles. The highest BCUT2D eigenvalue weighted by atomic mass is 32.1. The Morgan fingerprint density at radius 1 is 1.03 bits per heavy atom. The molecule has 0 spiro atoms. The van der Waals surface area contributed by atoms with Gasteiger partial charge in [-0.15, -0.1) is 11.3 Å². The van der Waals surface area contributed by atoms with Crippen LogP contribution < -0.4 is 4.90 Å². The van der Waals surface area contributed by atoms with Gasteiger partial charge in [0.2, 0.25) is 0 Å². The number of fused-ring (bicyclic) bond motifs is 3. The predicted molar refractivity (Wildman–Crippen MR) is 129 cm³/mol. The number of thiophene rings is 1. The summed E-state index contributed by atoms with van der Waals surface area (Å²) in [5, 5.41) is 11.1. The molecule has 2 unspecified atom stereocenters. The summed E-state index contributed by atoms with van der Waals surface area (Å²) in [7, 11) is 0. The first-order valence-corrected chi connectivity index (χ1v) is 13.0. The molecule has 0 radical (unpaired) electrons. The van der Waals surface area contributed by atoms with Crippen molar-refractivity contribution in [1.82, 2.24) is 19.9 Å². The molecular formula is C25H31N5OS. The molecule has 0 amide bonds. The lowest BCUT2D eigenvalue weighted by Gasteiger charge is -2.32. The molecule has 3 aromatic heterocycles. The molecule has 0 saturated carbocycles. The molecule has 168 valence electrons. The van der Waals surface area contributed by atoms with Crippen LogP contribution in [-0.4, -0.2) is 63.3 Å². The number of hydrogen-bond donors (Lipinski definition) is 1. The van der Waals surface area contributed by atoms with Crippen molar-refractivity contribution in [1.29, 1.82) is 0 Å². The van der Waals surface area contributed by atoms with Gasteiger partial charge in [0.05, 0.1) is 12.0 Å². The smallest absolute Gasteiger partial charge is 0.164 e. The number of anilines is 1. The summed E-state index contributed by atoms with van der Waals surface area (Å²) in [6, 6.07) is 4.79. The first kappa shape index (κ1) is 20.5. The molecule has 2 fully saturated rings. The molecule has 1 aliphatic carbocycles. The number of rotatable bonds is 5. The molecule has 2 atom stereocenters. The summed E-state index contributed by atoms with van der Waals surface area (Å²) in [5.74, 6) is 1.93. The molecule has 0 bridgehead atoms. The van der Waals surface area contributed by atoms with Crippen LogP contribution in [0.3, 0.4) is 0 Å². The molecule has 2 aliphatic heterocycles. The maximum atomic E-state index is 9.82. The van der Waals surface area contributed by atoms with Crippen molar-refractivity contribution in [2.24, 2.45) is 0 Å². The van der Waals surface area contributed by atoms with Crippen LogP contribution in [0, 0.1) is 0 Å². The van der Waals surface area contributed by atoms with Gasteiger partial charge < -0.3 is 10.0 Å². The van der Waals surface area contributed by atoms with Crippen molar-refractivity contribution in [3.63, 3.8) is 0 Å². The van der Waals surface area contributed by atoms with E-state index in [1.54, 1.807) is 6.20 Å². The molecule has 3 aliphatic rings. The Labute approximate surface area is 193 Å². The number of aliphatic hydroxyl groups is 1. The van der Waals surface area contributed by atoms with E-state index in [2.05, 4.69) is 20.9 Å². The predicted octanol–water partition coefficient (Wildman–Crippen LogP) is 4.06. The van der Waals surface area contributed by atoms with Gasteiger partial charge >= 0.3 is 0 Å². The summed E-state index contributed by atoms with van der Waals surface area (Å²) in [6.45, 7) is 3.44. The van der Waals surface area contributed by atoms with E-state index in [1.807, 2.05) is 23.6 Å². The van der Waals surface area contributed by atoms with Crippen LogP contribution in [0.1, 0.15) is 49.0 Å². The zero-order valence-electron chi connectivity index (χ0n) is 18.5. The second-order valence-electron chi connectivity index (χ2n) is 9.47. The van der Waals surface area contributed by atoms with Gasteiger partial charge in [-0.25, -0.2) is 9.97 Å². The summed E-state index contributed by atoms with van der Waals surface area (Å²) in [6.07, 6.45) is 13.2. The van der Waals surface area contributed by atoms with Crippen molar-refractivity contribution in [3.8, 4) is 11.4 Å². The van der Waals surface area contributed by atoms with Gasteiger partial charge in [0.1, 0.15) is 10.6 Å². The van der Waals surface area contributed by atoms with Crippen molar-refractivity contribution in [3.05, 3.63) is 35.0 Å². The monoisotopic (exact) mass is 449 g/mol. The summed E-state index contributed by atoms with van der Waals surface area (Å²) in [4.78, 5) is 22.3. The minimum atomic E-state index is 0.271. The van der Waals surface area contributed by atoms with E-state index >= 15 is 0 Å². The van der Waals surface area contributed by atoms with Crippen molar-refractivity contribution in [2.75, 3.05) is 31.1 Å². The summed E-state index contributed by atoms with van der Waals surface area (Å²) in [5.41, 5.74) is 2.49. The number of aryl methyl sites for hydroxylation is 2. The summed E-state index contributed by atoms with van der Waals surface area (Å²) >= 11 is 1.88. The van der Waals surface area contributed by atoms with Crippen LogP contribution in [0.2, 0.25) is 0 Å². The Morgan fingerprint density at radius 3 is 2.78 bits per heavy atom. The lowest BCUT2D eigenvalue weighted by Crippen LogP contribution is -2.43. The lowest BCUT2D eigenvalue weighted by molar-refractivity contribution is 0.153. The first-order chi connectivity index (χ1) is 15.8. The Bertz CT molecular complexity index is 1100. The first-order valence-electron chi connectivity index (χ1n) is 12.2. The van der Waals surface area contributed by atoms with Gasteiger partial charge in [-0.05, 0) is 75.6 Å². The zero-order valence-corrected chi connectivity index (χ0v) is 19.4. The van der Waals surface area contributed by atoms with Gasteiger partial charge in [-0.2, -0.15) is 0 Å². The average Bonchev–Trinajstić information content (AvgIpc) is 3.57. The Morgan fingerprint density at radius 2 is 1.91 bits per heavy atom. The molecule has 1 N–H and O–H groups in total. The van der Waals surface area contributed by atoms with Gasteiger partial charge in [0.15, 0.2) is 5.82 Å². The lowest BCUT2D eigenvalue weighted by atomic mass is 9.96. The number of likely N-dealkylation sites (tertiary alicyclic amines) is 1. The van der Waals surface area contributed by atoms with Gasteiger partial charge in [-0.1, -0.05) is 0 Å². The number of aliphatic hydroxyl groups excluding tert-OH is 1. The molecule has 6 nitrogen and oxygen atoms in total.